The van der Waals surface area contributed by atoms with Crippen molar-refractivity contribution in [2.24, 2.45) is 5.41 Å². The van der Waals surface area contributed by atoms with E-state index in [1.54, 1.807) is 13.8 Å². The molecule has 0 aliphatic carbocycles. The van der Waals surface area contributed by atoms with E-state index in [4.69, 9.17) is 0 Å². The van der Waals surface area contributed by atoms with E-state index in [0.29, 0.717) is 19.3 Å². The fourth-order valence-electron chi connectivity index (χ4n) is 3.19. The summed E-state index contributed by atoms with van der Waals surface area (Å²) in [6.07, 6.45) is -3.42. The van der Waals surface area contributed by atoms with Crippen molar-refractivity contribution in [3.63, 3.8) is 0 Å². The third-order valence-electron chi connectivity index (χ3n) is 4.69. The van der Waals surface area contributed by atoms with E-state index in [9.17, 15) is 31.2 Å². The van der Waals surface area contributed by atoms with Gasteiger partial charge in [-0.2, -0.15) is 13.2 Å². The van der Waals surface area contributed by atoms with E-state index >= 15 is 0 Å². The number of carbonyl (C=O) groups is 2. The Hall–Kier alpha value is -2.10. The van der Waals surface area contributed by atoms with Gasteiger partial charge in [0.1, 0.15) is 0 Å². The number of sulfonamides is 1. The van der Waals surface area contributed by atoms with E-state index in [1.165, 1.54) is 11.0 Å². The van der Waals surface area contributed by atoms with Gasteiger partial charge in [-0.15, -0.1) is 0 Å². The summed E-state index contributed by atoms with van der Waals surface area (Å²) >= 11 is 0. The number of nitrogens with one attached hydrogen (secondary N) is 1. The van der Waals surface area contributed by atoms with Crippen LogP contribution >= 0.6 is 0 Å². The highest BCUT2D eigenvalue weighted by Crippen LogP contribution is 2.32. The van der Waals surface area contributed by atoms with Crippen LogP contribution in [-0.2, 0) is 21.0 Å². The number of carbonyl (C=O) groups excluding carboxylic acids is 2. The third kappa shape index (κ3) is 5.24. The zero-order valence-electron chi connectivity index (χ0n) is 15.7. The van der Waals surface area contributed by atoms with Gasteiger partial charge >= 0.3 is 6.18 Å². The zero-order valence-corrected chi connectivity index (χ0v) is 16.5. The second-order valence-corrected chi connectivity index (χ2v) is 9.06. The summed E-state index contributed by atoms with van der Waals surface area (Å²) in [7, 11) is -3.76. The Bertz CT molecular complexity index is 855. The van der Waals surface area contributed by atoms with Crippen LogP contribution in [0.5, 0.6) is 0 Å². The number of rotatable bonds is 5. The molecule has 1 aliphatic rings. The van der Waals surface area contributed by atoms with Crippen molar-refractivity contribution in [2.45, 2.75) is 39.3 Å². The average Bonchev–Trinajstić information content (AvgIpc) is 2.60. The molecule has 1 aromatic carbocycles. The van der Waals surface area contributed by atoms with Crippen molar-refractivity contribution in [3.8, 4) is 0 Å². The minimum absolute atomic E-state index is 0.0739. The number of likely N-dealkylation sites (tertiary alicyclic amines) is 1. The summed E-state index contributed by atoms with van der Waals surface area (Å²) in [5.41, 5.74) is -2.20. The zero-order chi connectivity index (χ0) is 21.2. The fraction of sp³-hybridized carbons (Fsp3) is 0.556. The molecule has 156 valence electrons. The second-order valence-electron chi connectivity index (χ2n) is 7.22. The molecule has 0 radical (unpaired) electrons. The molecule has 1 aromatic rings. The third-order valence-corrected chi connectivity index (χ3v) is 6.13. The standard InChI is InChI=1S/C18H23F3N2O4S/c1-3-10-28(26,27)22-16(25)17(2)8-5-9-23(12-17)15(24)13-6-4-7-14(11-13)18(19,20)21/h4,6-7,11H,3,5,8-10,12H2,1-2H3,(H,22,25). The van der Waals surface area contributed by atoms with E-state index in [1.807, 2.05) is 4.72 Å². The Labute approximate surface area is 162 Å². The first-order chi connectivity index (χ1) is 12.9. The predicted octanol–water partition coefficient (Wildman–Crippen LogP) is 2.80. The molecule has 1 atom stereocenters. The molecule has 28 heavy (non-hydrogen) atoms. The van der Waals surface area contributed by atoms with E-state index < -0.39 is 39.0 Å². The molecule has 1 aliphatic heterocycles. The summed E-state index contributed by atoms with van der Waals surface area (Å²) in [5, 5.41) is 0. The largest absolute Gasteiger partial charge is 0.416 e. The van der Waals surface area contributed by atoms with E-state index in [0.717, 1.165) is 18.2 Å². The van der Waals surface area contributed by atoms with E-state index in [2.05, 4.69) is 0 Å². The van der Waals surface area contributed by atoms with Gasteiger partial charge in [0.05, 0.1) is 16.7 Å². The van der Waals surface area contributed by atoms with Crippen LogP contribution in [0.3, 0.4) is 0 Å². The lowest BCUT2D eigenvalue weighted by molar-refractivity contribution is -0.137. The number of piperidine rings is 1. The first kappa shape index (κ1) is 22.2. The van der Waals surface area contributed by atoms with Gasteiger partial charge in [-0.25, -0.2) is 8.42 Å². The SMILES string of the molecule is CCCS(=O)(=O)NC(=O)C1(C)CCCN(C(=O)c2cccc(C(F)(F)F)c2)C1. The molecule has 0 bridgehead atoms. The van der Waals surface area contributed by atoms with Crippen molar-refractivity contribution in [1.82, 2.24) is 9.62 Å². The van der Waals surface area contributed by atoms with Gasteiger partial charge in [0.2, 0.25) is 15.9 Å². The van der Waals surface area contributed by atoms with Crippen LogP contribution in [0.4, 0.5) is 13.2 Å². The highest BCUT2D eigenvalue weighted by Gasteiger charge is 2.41. The lowest BCUT2D eigenvalue weighted by Gasteiger charge is -2.39. The molecule has 1 heterocycles. The van der Waals surface area contributed by atoms with Gasteiger partial charge in [0.15, 0.2) is 0 Å². The molecule has 1 saturated heterocycles. The number of halogens is 3. The maximum absolute atomic E-state index is 12.9. The molecule has 0 aromatic heterocycles. The van der Waals surface area contributed by atoms with Crippen LogP contribution < -0.4 is 4.72 Å². The van der Waals surface area contributed by atoms with Crippen LogP contribution in [-0.4, -0.2) is 44.0 Å². The molecule has 10 heteroatoms. The van der Waals surface area contributed by atoms with Crippen molar-refractivity contribution in [2.75, 3.05) is 18.8 Å². The van der Waals surface area contributed by atoms with Gasteiger partial charge in [-0.1, -0.05) is 13.0 Å². The predicted molar refractivity (Wildman–Crippen MR) is 96.9 cm³/mol. The first-order valence-electron chi connectivity index (χ1n) is 8.89. The highest BCUT2D eigenvalue weighted by molar-refractivity contribution is 7.90. The number of hydrogen-bond acceptors (Lipinski definition) is 4. The number of alkyl halides is 3. The summed E-state index contributed by atoms with van der Waals surface area (Å²) in [6, 6.07) is 4.10. The Morgan fingerprint density at radius 2 is 1.96 bits per heavy atom. The summed E-state index contributed by atoms with van der Waals surface area (Å²) in [4.78, 5) is 26.5. The normalized spacial score (nSPS) is 20.7. The lowest BCUT2D eigenvalue weighted by Crippen LogP contribution is -2.53. The molecule has 0 spiro atoms. The number of benzene rings is 1. The molecule has 0 saturated carbocycles. The van der Waals surface area contributed by atoms with Crippen molar-refractivity contribution in [1.29, 1.82) is 0 Å². The smallest absolute Gasteiger partial charge is 0.338 e. The van der Waals surface area contributed by atoms with Crippen LogP contribution in [0, 0.1) is 5.41 Å². The topological polar surface area (TPSA) is 83.6 Å². The number of nitrogens with zero attached hydrogens (tertiary/aromatic N) is 1. The number of hydrogen-bond donors (Lipinski definition) is 1. The van der Waals surface area contributed by atoms with Crippen LogP contribution in [0.15, 0.2) is 24.3 Å². The number of amides is 2. The lowest BCUT2D eigenvalue weighted by atomic mass is 9.81. The average molecular weight is 420 g/mol. The van der Waals surface area contributed by atoms with Gasteiger partial charge in [0, 0.05) is 18.7 Å². The molecule has 2 rings (SSSR count). The molecule has 1 N–H and O–H groups in total. The quantitative estimate of drug-likeness (QED) is 0.794. The van der Waals surface area contributed by atoms with Crippen molar-refractivity contribution in [3.05, 3.63) is 35.4 Å². The summed E-state index contributed by atoms with van der Waals surface area (Å²) < 4.78 is 64.5. The first-order valence-corrected chi connectivity index (χ1v) is 10.5. The fourth-order valence-corrected chi connectivity index (χ4v) is 4.36. The Morgan fingerprint density at radius 3 is 2.57 bits per heavy atom. The Balaban J connectivity index is 2.18. The van der Waals surface area contributed by atoms with Crippen molar-refractivity contribution >= 4 is 21.8 Å². The Kier molecular flexibility index (Phi) is 6.42. The Morgan fingerprint density at radius 1 is 1.29 bits per heavy atom. The van der Waals surface area contributed by atoms with Gasteiger partial charge in [0.25, 0.3) is 5.91 Å². The molecule has 6 nitrogen and oxygen atoms in total. The van der Waals surface area contributed by atoms with E-state index in [-0.39, 0.29) is 24.4 Å². The van der Waals surface area contributed by atoms with Gasteiger partial charge in [-0.3, -0.25) is 14.3 Å². The maximum atomic E-state index is 12.9. The summed E-state index contributed by atoms with van der Waals surface area (Å²) in [5.74, 6) is -1.52. The van der Waals surface area contributed by atoms with Crippen LogP contribution in [0.2, 0.25) is 0 Å². The van der Waals surface area contributed by atoms with Crippen LogP contribution in [0.25, 0.3) is 0 Å². The molecule has 1 unspecified atom stereocenters. The molecular formula is C18H23F3N2O4S. The maximum Gasteiger partial charge on any atom is 0.416 e. The van der Waals surface area contributed by atoms with Crippen molar-refractivity contribution < 1.29 is 31.2 Å². The highest BCUT2D eigenvalue weighted by atomic mass is 32.2. The molecular weight excluding hydrogens is 397 g/mol. The second kappa shape index (κ2) is 8.10. The van der Waals surface area contributed by atoms with Crippen LogP contribution in [0.1, 0.15) is 49.0 Å². The van der Waals surface area contributed by atoms with Gasteiger partial charge in [-0.05, 0) is 44.4 Å². The minimum Gasteiger partial charge on any atom is -0.338 e. The van der Waals surface area contributed by atoms with Gasteiger partial charge < -0.3 is 4.90 Å². The summed E-state index contributed by atoms with van der Waals surface area (Å²) in [6.45, 7) is 3.42. The molecule has 2 amide bonds. The molecule has 1 fully saturated rings. The monoisotopic (exact) mass is 420 g/mol. The minimum atomic E-state index is -4.57.